The largest absolute Gasteiger partial charge is 0.396 e. The van der Waals surface area contributed by atoms with Crippen molar-refractivity contribution in [3.63, 3.8) is 0 Å². The van der Waals surface area contributed by atoms with Crippen molar-refractivity contribution >= 4 is 17.2 Å². The van der Waals surface area contributed by atoms with Crippen molar-refractivity contribution in [2.24, 2.45) is 0 Å². The van der Waals surface area contributed by atoms with Crippen LogP contribution in [-0.2, 0) is 11.2 Å². The molecule has 0 radical (unpaired) electrons. The maximum absolute atomic E-state index is 12.1. The number of aromatic nitrogens is 4. The molecule has 0 atom stereocenters. The minimum atomic E-state index is -0.138. The summed E-state index contributed by atoms with van der Waals surface area (Å²) in [5.74, 6) is 0.184. The number of nitrogens with one attached hydrogen (secondary N) is 1. The Labute approximate surface area is 138 Å². The third-order valence-corrected chi connectivity index (χ3v) is 3.65. The van der Waals surface area contributed by atoms with Crippen molar-refractivity contribution in [1.82, 2.24) is 24.9 Å². The summed E-state index contributed by atoms with van der Waals surface area (Å²) in [4.78, 5) is 20.1. The van der Waals surface area contributed by atoms with Gasteiger partial charge in [0.15, 0.2) is 5.82 Å². The highest BCUT2D eigenvalue weighted by molar-refractivity contribution is 5.86. The highest BCUT2D eigenvalue weighted by Gasteiger charge is 2.17. The minimum absolute atomic E-state index is 0.0441. The second-order valence-electron chi connectivity index (χ2n) is 5.30. The van der Waals surface area contributed by atoms with Crippen LogP contribution in [0.25, 0.3) is 16.8 Å². The van der Waals surface area contributed by atoms with Crippen molar-refractivity contribution < 1.29 is 9.90 Å². The van der Waals surface area contributed by atoms with E-state index in [0.717, 1.165) is 16.8 Å². The van der Waals surface area contributed by atoms with E-state index in [-0.39, 0.29) is 18.9 Å². The molecule has 24 heavy (non-hydrogen) atoms. The van der Waals surface area contributed by atoms with E-state index in [0.29, 0.717) is 24.3 Å². The van der Waals surface area contributed by atoms with E-state index in [1.807, 2.05) is 18.2 Å². The number of nitrogens with zero attached hydrogens (tertiary/aromatic N) is 4. The molecule has 0 aliphatic heterocycles. The van der Waals surface area contributed by atoms with Crippen LogP contribution in [0.3, 0.4) is 0 Å². The Kier molecular flexibility index (Phi) is 4.66. The summed E-state index contributed by atoms with van der Waals surface area (Å²) in [6, 6.07) is 5.62. The van der Waals surface area contributed by atoms with Crippen LogP contribution in [0.1, 0.15) is 12.0 Å². The van der Waals surface area contributed by atoms with Crippen LogP contribution in [0.4, 0.5) is 5.82 Å². The number of nitrogens with two attached hydrogens (primary N) is 1. The Balaban J connectivity index is 1.98. The molecule has 0 fully saturated rings. The third kappa shape index (κ3) is 3.18. The number of amides is 1. The zero-order valence-corrected chi connectivity index (χ0v) is 13.0. The number of hydrogen-bond acceptors (Lipinski definition) is 6. The normalized spacial score (nSPS) is 10.9. The maximum Gasteiger partial charge on any atom is 0.224 e. The Bertz CT molecular complexity index is 846. The Hall–Kier alpha value is -3.00. The van der Waals surface area contributed by atoms with Gasteiger partial charge in [-0.2, -0.15) is 5.10 Å². The van der Waals surface area contributed by atoms with Crippen molar-refractivity contribution in [1.29, 1.82) is 0 Å². The zero-order chi connectivity index (χ0) is 16.9. The van der Waals surface area contributed by atoms with Crippen molar-refractivity contribution in [2.75, 3.05) is 18.9 Å². The molecule has 3 aromatic rings. The number of carbonyl (C=O) groups excluding carboxylic acids is 1. The Morgan fingerprint density at radius 2 is 2.12 bits per heavy atom. The standard InChI is InChI=1S/C16H18N6O2/c17-16-15-12(9-14(24)19-4-1-7-23)8-13(22(15)21-10-20-16)11-2-5-18-6-3-11/h2-3,5-6,8,10,23H,1,4,7,9H2,(H,19,24)(H2,17,20,21). The van der Waals surface area contributed by atoms with Gasteiger partial charge in [-0.05, 0) is 30.2 Å². The van der Waals surface area contributed by atoms with Crippen molar-refractivity contribution in [3.8, 4) is 11.3 Å². The number of rotatable bonds is 6. The molecule has 0 unspecified atom stereocenters. The molecule has 0 aromatic carbocycles. The second-order valence-corrected chi connectivity index (χ2v) is 5.30. The molecule has 3 heterocycles. The summed E-state index contributed by atoms with van der Waals surface area (Å²) < 4.78 is 1.69. The van der Waals surface area contributed by atoms with Crippen molar-refractivity contribution in [2.45, 2.75) is 12.8 Å². The van der Waals surface area contributed by atoms with Crippen LogP contribution >= 0.6 is 0 Å². The molecule has 3 aromatic heterocycles. The molecule has 1 amide bonds. The summed E-state index contributed by atoms with van der Waals surface area (Å²) >= 11 is 0. The highest BCUT2D eigenvalue weighted by Crippen LogP contribution is 2.27. The average Bonchev–Trinajstić information content (AvgIpc) is 2.96. The number of fused-ring (bicyclic) bond motifs is 1. The maximum atomic E-state index is 12.1. The average molecular weight is 326 g/mol. The predicted molar refractivity (Wildman–Crippen MR) is 89.0 cm³/mol. The second kappa shape index (κ2) is 7.05. The highest BCUT2D eigenvalue weighted by atomic mass is 16.3. The summed E-state index contributed by atoms with van der Waals surface area (Å²) in [5, 5.41) is 15.8. The first-order valence-electron chi connectivity index (χ1n) is 7.59. The van der Waals surface area contributed by atoms with Gasteiger partial charge < -0.3 is 16.2 Å². The summed E-state index contributed by atoms with van der Waals surface area (Å²) in [7, 11) is 0. The van der Waals surface area contributed by atoms with Crippen LogP contribution in [0, 0.1) is 0 Å². The minimum Gasteiger partial charge on any atom is -0.396 e. The Morgan fingerprint density at radius 3 is 2.88 bits per heavy atom. The quantitative estimate of drug-likeness (QED) is 0.565. The van der Waals surface area contributed by atoms with E-state index in [1.165, 1.54) is 6.33 Å². The topological polar surface area (TPSA) is 118 Å². The summed E-state index contributed by atoms with van der Waals surface area (Å²) in [6.07, 6.45) is 5.46. The number of pyridine rings is 1. The van der Waals surface area contributed by atoms with Crippen molar-refractivity contribution in [3.05, 3.63) is 42.5 Å². The van der Waals surface area contributed by atoms with E-state index >= 15 is 0 Å². The first-order valence-corrected chi connectivity index (χ1v) is 7.59. The van der Waals surface area contributed by atoms with Crippen LogP contribution in [0.15, 0.2) is 36.9 Å². The van der Waals surface area contributed by atoms with E-state index in [4.69, 9.17) is 10.8 Å². The molecule has 4 N–H and O–H groups in total. The molecular weight excluding hydrogens is 308 g/mol. The van der Waals surface area contributed by atoms with Gasteiger partial charge in [0.25, 0.3) is 0 Å². The van der Waals surface area contributed by atoms with Gasteiger partial charge in [0, 0.05) is 31.1 Å². The van der Waals surface area contributed by atoms with Gasteiger partial charge in [-0.3, -0.25) is 9.78 Å². The van der Waals surface area contributed by atoms with E-state index < -0.39 is 0 Å². The molecule has 0 saturated carbocycles. The molecule has 8 heteroatoms. The molecule has 0 spiro atoms. The van der Waals surface area contributed by atoms with Gasteiger partial charge in [0.05, 0.1) is 12.1 Å². The smallest absolute Gasteiger partial charge is 0.224 e. The summed E-state index contributed by atoms with van der Waals surface area (Å²) in [5.41, 5.74) is 9.12. The lowest BCUT2D eigenvalue weighted by Crippen LogP contribution is -2.26. The molecule has 0 aliphatic carbocycles. The number of anilines is 1. The molecule has 0 bridgehead atoms. The van der Waals surface area contributed by atoms with Gasteiger partial charge in [0.1, 0.15) is 11.8 Å². The van der Waals surface area contributed by atoms with E-state index in [1.54, 1.807) is 16.9 Å². The van der Waals surface area contributed by atoms with Gasteiger partial charge in [-0.15, -0.1) is 0 Å². The molecule has 124 valence electrons. The molecule has 3 rings (SSSR count). The fourth-order valence-corrected chi connectivity index (χ4v) is 2.55. The monoisotopic (exact) mass is 326 g/mol. The lowest BCUT2D eigenvalue weighted by Gasteiger charge is -2.04. The van der Waals surface area contributed by atoms with Crippen LogP contribution in [0.2, 0.25) is 0 Å². The van der Waals surface area contributed by atoms with Crippen LogP contribution in [-0.4, -0.2) is 43.7 Å². The summed E-state index contributed by atoms with van der Waals surface area (Å²) in [6.45, 7) is 0.479. The number of aliphatic hydroxyl groups is 1. The lowest BCUT2D eigenvalue weighted by molar-refractivity contribution is -0.120. The lowest BCUT2D eigenvalue weighted by atomic mass is 10.1. The molecule has 0 aliphatic rings. The fourth-order valence-electron chi connectivity index (χ4n) is 2.55. The van der Waals surface area contributed by atoms with Gasteiger partial charge in [0.2, 0.25) is 5.91 Å². The van der Waals surface area contributed by atoms with Crippen LogP contribution in [0.5, 0.6) is 0 Å². The van der Waals surface area contributed by atoms with Gasteiger partial charge >= 0.3 is 0 Å². The first kappa shape index (κ1) is 15.9. The number of nitrogen functional groups attached to an aromatic ring is 1. The Morgan fingerprint density at radius 1 is 1.33 bits per heavy atom. The zero-order valence-electron chi connectivity index (χ0n) is 13.0. The van der Waals surface area contributed by atoms with Gasteiger partial charge in [-0.25, -0.2) is 9.50 Å². The number of carbonyl (C=O) groups is 1. The van der Waals surface area contributed by atoms with Crippen LogP contribution < -0.4 is 11.1 Å². The van der Waals surface area contributed by atoms with Gasteiger partial charge in [-0.1, -0.05) is 0 Å². The fraction of sp³-hybridized carbons (Fsp3) is 0.250. The molecule has 0 saturated heterocycles. The third-order valence-electron chi connectivity index (χ3n) is 3.65. The predicted octanol–water partition coefficient (Wildman–Crippen LogP) is 0.415. The number of aliphatic hydroxyl groups excluding tert-OH is 1. The van der Waals surface area contributed by atoms with E-state index in [9.17, 15) is 4.79 Å². The molecular formula is C16H18N6O2. The number of hydrogen-bond donors (Lipinski definition) is 3. The SMILES string of the molecule is Nc1ncnn2c(-c3ccncc3)cc(CC(=O)NCCCO)c12. The molecule has 8 nitrogen and oxygen atoms in total. The first-order chi connectivity index (χ1) is 11.7. The van der Waals surface area contributed by atoms with E-state index in [2.05, 4.69) is 20.4 Å².